The molecule has 0 N–H and O–H groups in total. The summed E-state index contributed by atoms with van der Waals surface area (Å²) in [5.74, 6) is 1.60. The zero-order valence-electron chi connectivity index (χ0n) is 37.7. The molecule has 0 saturated carbocycles. The van der Waals surface area contributed by atoms with E-state index in [4.69, 9.17) is 14.2 Å². The Balaban J connectivity index is 4.34. The van der Waals surface area contributed by atoms with Crippen LogP contribution >= 0.6 is 0 Å². The number of ether oxygens (including phenoxy) is 3. The molecule has 326 valence electrons. The first kappa shape index (κ1) is 53.4. The third-order valence-electron chi connectivity index (χ3n) is 11.3. The Hall–Kier alpha value is -1.59. The van der Waals surface area contributed by atoms with Crippen LogP contribution in [0.4, 0.5) is 0 Å². The van der Waals surface area contributed by atoms with E-state index in [0.29, 0.717) is 19.3 Å². The molecule has 55 heavy (non-hydrogen) atoms. The van der Waals surface area contributed by atoms with E-state index in [1.165, 1.54) is 141 Å². The zero-order chi connectivity index (χ0) is 40.6. The second-order valence-corrected chi connectivity index (χ2v) is 17.9. The third kappa shape index (κ3) is 41.9. The van der Waals surface area contributed by atoms with Crippen LogP contribution < -0.4 is 0 Å². The molecular weight excluding hydrogens is 685 g/mol. The van der Waals surface area contributed by atoms with Crippen molar-refractivity contribution in [2.45, 2.75) is 266 Å². The van der Waals surface area contributed by atoms with Crippen LogP contribution in [0.5, 0.6) is 0 Å². The van der Waals surface area contributed by atoms with Gasteiger partial charge in [-0.2, -0.15) is 0 Å². The molecule has 0 radical (unpaired) electrons. The van der Waals surface area contributed by atoms with E-state index < -0.39 is 6.10 Å². The summed E-state index contributed by atoms with van der Waals surface area (Å²) >= 11 is 0. The molecule has 2 atom stereocenters. The summed E-state index contributed by atoms with van der Waals surface area (Å²) in [6.45, 7) is 13.7. The molecule has 0 rings (SSSR count). The lowest BCUT2D eigenvalue weighted by Gasteiger charge is -2.18. The highest BCUT2D eigenvalue weighted by Gasteiger charge is 2.19. The molecule has 0 heterocycles. The van der Waals surface area contributed by atoms with E-state index in [0.717, 1.165) is 75.5 Å². The van der Waals surface area contributed by atoms with Crippen molar-refractivity contribution in [2.24, 2.45) is 17.8 Å². The normalized spacial score (nSPS) is 12.7. The van der Waals surface area contributed by atoms with Crippen molar-refractivity contribution in [2.75, 3.05) is 13.2 Å². The molecule has 6 nitrogen and oxygen atoms in total. The lowest BCUT2D eigenvalue weighted by atomic mass is 10.00. The second-order valence-electron chi connectivity index (χ2n) is 17.9. The van der Waals surface area contributed by atoms with E-state index in [-0.39, 0.29) is 31.1 Å². The number of hydrogen-bond donors (Lipinski definition) is 0. The zero-order valence-corrected chi connectivity index (χ0v) is 37.7. The maximum atomic E-state index is 12.7. The summed E-state index contributed by atoms with van der Waals surface area (Å²) in [4.78, 5) is 37.8. The van der Waals surface area contributed by atoms with Crippen molar-refractivity contribution in [3.8, 4) is 0 Å². The molecule has 0 amide bonds. The Morgan fingerprint density at radius 2 is 0.636 bits per heavy atom. The Bertz CT molecular complexity index is 854. The van der Waals surface area contributed by atoms with Crippen molar-refractivity contribution in [3.63, 3.8) is 0 Å². The highest BCUT2D eigenvalue weighted by Crippen LogP contribution is 2.17. The van der Waals surface area contributed by atoms with Gasteiger partial charge in [0.15, 0.2) is 6.10 Å². The average molecular weight is 779 g/mol. The van der Waals surface area contributed by atoms with Gasteiger partial charge in [0.05, 0.1) is 0 Å². The largest absolute Gasteiger partial charge is 0.462 e. The SMILES string of the molecule is CCC(C)CCCCCCCCC(=O)OC[C@H](COC(=O)CCCCCCCCCCCCC(C)C)OC(=O)CCCCCCCCCCCCCC(C)C. The molecule has 0 bridgehead atoms. The van der Waals surface area contributed by atoms with E-state index in [1.54, 1.807) is 0 Å². The highest BCUT2D eigenvalue weighted by molar-refractivity contribution is 5.71. The molecule has 0 aliphatic heterocycles. The first-order valence-electron chi connectivity index (χ1n) is 24.1. The number of hydrogen-bond acceptors (Lipinski definition) is 6. The van der Waals surface area contributed by atoms with Gasteiger partial charge in [-0.3, -0.25) is 14.4 Å². The summed E-state index contributed by atoms with van der Waals surface area (Å²) in [7, 11) is 0. The topological polar surface area (TPSA) is 78.9 Å². The van der Waals surface area contributed by atoms with Gasteiger partial charge in [0.25, 0.3) is 0 Å². The minimum atomic E-state index is -0.762. The molecule has 0 aromatic rings. The van der Waals surface area contributed by atoms with Crippen LogP contribution in [0.1, 0.15) is 260 Å². The van der Waals surface area contributed by atoms with E-state index in [2.05, 4.69) is 41.5 Å². The van der Waals surface area contributed by atoms with Crippen molar-refractivity contribution >= 4 is 17.9 Å². The van der Waals surface area contributed by atoms with Gasteiger partial charge in [0.2, 0.25) is 0 Å². The summed E-state index contributed by atoms with van der Waals surface area (Å²) < 4.78 is 16.7. The maximum absolute atomic E-state index is 12.7. The number of carbonyl (C=O) groups is 3. The first-order valence-corrected chi connectivity index (χ1v) is 24.1. The van der Waals surface area contributed by atoms with Crippen LogP contribution in [0.2, 0.25) is 0 Å². The van der Waals surface area contributed by atoms with Gasteiger partial charge in [-0.15, -0.1) is 0 Å². The lowest BCUT2D eigenvalue weighted by Crippen LogP contribution is -2.30. The van der Waals surface area contributed by atoms with E-state index in [9.17, 15) is 14.4 Å². The van der Waals surface area contributed by atoms with Crippen LogP contribution in [0.25, 0.3) is 0 Å². The fourth-order valence-corrected chi connectivity index (χ4v) is 7.20. The van der Waals surface area contributed by atoms with Gasteiger partial charge in [0.1, 0.15) is 13.2 Å². The van der Waals surface area contributed by atoms with Crippen molar-refractivity contribution in [1.29, 1.82) is 0 Å². The third-order valence-corrected chi connectivity index (χ3v) is 11.3. The van der Waals surface area contributed by atoms with Crippen LogP contribution in [0, 0.1) is 17.8 Å². The molecule has 1 unspecified atom stereocenters. The Kier molecular flexibility index (Phi) is 39.4. The predicted octanol–water partition coefficient (Wildman–Crippen LogP) is 15.2. The minimum absolute atomic E-state index is 0.0661. The Labute approximate surface area is 342 Å². The van der Waals surface area contributed by atoms with Crippen molar-refractivity contribution in [1.82, 2.24) is 0 Å². The van der Waals surface area contributed by atoms with Crippen LogP contribution in [0.15, 0.2) is 0 Å². The number of rotatable bonds is 42. The van der Waals surface area contributed by atoms with E-state index in [1.807, 2.05) is 0 Å². The Morgan fingerprint density at radius 1 is 0.364 bits per heavy atom. The molecule has 0 aromatic heterocycles. The van der Waals surface area contributed by atoms with Crippen LogP contribution in [0.3, 0.4) is 0 Å². The van der Waals surface area contributed by atoms with Gasteiger partial charge in [-0.25, -0.2) is 0 Å². The molecule has 0 fully saturated rings. The molecule has 0 aliphatic rings. The summed E-state index contributed by atoms with van der Waals surface area (Å²) in [5, 5.41) is 0. The fourth-order valence-electron chi connectivity index (χ4n) is 7.20. The fraction of sp³-hybridized carbons (Fsp3) is 0.939. The predicted molar refractivity (Wildman–Crippen MR) is 233 cm³/mol. The van der Waals surface area contributed by atoms with Gasteiger partial charge in [-0.05, 0) is 37.0 Å². The van der Waals surface area contributed by atoms with Crippen molar-refractivity contribution < 1.29 is 28.6 Å². The van der Waals surface area contributed by atoms with Crippen molar-refractivity contribution in [3.05, 3.63) is 0 Å². The molecule has 0 saturated heterocycles. The van der Waals surface area contributed by atoms with Crippen LogP contribution in [-0.4, -0.2) is 37.2 Å². The maximum Gasteiger partial charge on any atom is 0.306 e. The minimum Gasteiger partial charge on any atom is -0.462 e. The number of esters is 3. The van der Waals surface area contributed by atoms with Gasteiger partial charge >= 0.3 is 17.9 Å². The molecule has 0 spiro atoms. The van der Waals surface area contributed by atoms with Crippen LogP contribution in [-0.2, 0) is 28.6 Å². The lowest BCUT2D eigenvalue weighted by molar-refractivity contribution is -0.167. The molecule has 0 aromatic carbocycles. The number of carbonyl (C=O) groups excluding carboxylic acids is 3. The molecule has 6 heteroatoms. The quantitative estimate of drug-likeness (QED) is 0.0349. The van der Waals surface area contributed by atoms with Gasteiger partial charge in [0, 0.05) is 19.3 Å². The van der Waals surface area contributed by atoms with Gasteiger partial charge < -0.3 is 14.2 Å². The molecular formula is C49H94O6. The first-order chi connectivity index (χ1) is 26.6. The smallest absolute Gasteiger partial charge is 0.306 e. The highest BCUT2D eigenvalue weighted by atomic mass is 16.6. The summed E-state index contributed by atoms with van der Waals surface area (Å²) in [5.41, 5.74) is 0. The summed E-state index contributed by atoms with van der Waals surface area (Å²) in [6, 6.07) is 0. The van der Waals surface area contributed by atoms with Gasteiger partial charge in [-0.1, -0.05) is 221 Å². The molecule has 0 aliphatic carbocycles. The number of unbranched alkanes of at least 4 members (excludes halogenated alkanes) is 24. The monoisotopic (exact) mass is 779 g/mol. The second kappa shape index (κ2) is 40.6. The van der Waals surface area contributed by atoms with E-state index >= 15 is 0 Å². The Morgan fingerprint density at radius 3 is 0.945 bits per heavy atom. The average Bonchev–Trinajstić information content (AvgIpc) is 3.15. The summed E-state index contributed by atoms with van der Waals surface area (Å²) in [6.07, 6.45) is 38.0. The standard InChI is InChI=1S/C49H94O6/c1-7-45(6)37-31-25-21-22-27-33-39-48(51)54-42-46(41-53-47(50)38-32-26-19-15-12-11-14-18-24-30-36-44(4)5)55-49(52)40-34-28-20-16-10-8-9-13-17-23-29-35-43(2)3/h43-46H,7-42H2,1-6H3/t45?,46-/m0/s1.